The summed E-state index contributed by atoms with van der Waals surface area (Å²) in [6.07, 6.45) is -4.59. The highest BCUT2D eigenvalue weighted by molar-refractivity contribution is 6.31. The van der Waals surface area contributed by atoms with Crippen LogP contribution in [-0.4, -0.2) is 5.91 Å². The van der Waals surface area contributed by atoms with Gasteiger partial charge in [-0.15, -0.1) is 0 Å². The van der Waals surface area contributed by atoms with Crippen molar-refractivity contribution in [3.63, 3.8) is 0 Å². The molecule has 1 amide bonds. The number of anilines is 1. The van der Waals surface area contributed by atoms with Crippen molar-refractivity contribution >= 4 is 23.2 Å². The first-order valence-corrected chi connectivity index (χ1v) is 8.66. The number of nitrogens with one attached hydrogen (secondary N) is 1. The third-order valence-electron chi connectivity index (χ3n) is 3.90. The van der Waals surface area contributed by atoms with Crippen molar-refractivity contribution in [1.29, 1.82) is 0 Å². The highest BCUT2D eigenvalue weighted by Gasteiger charge is 2.33. The quantitative estimate of drug-likeness (QED) is 0.549. The standard InChI is InChI=1S/C21H15ClF3NO2/c22-15-10-11-19(28-13-14-6-2-1-3-7-14)16(12-15)20(27)26-18-9-5-4-8-17(18)21(23,24)25/h1-12H,13H2,(H,26,27). The van der Waals surface area contributed by atoms with E-state index in [1.165, 1.54) is 30.3 Å². The van der Waals surface area contributed by atoms with E-state index < -0.39 is 17.6 Å². The van der Waals surface area contributed by atoms with Crippen molar-refractivity contribution in [3.8, 4) is 5.75 Å². The maximum absolute atomic E-state index is 13.2. The minimum absolute atomic E-state index is 0.0420. The molecular weight excluding hydrogens is 391 g/mol. The van der Waals surface area contributed by atoms with Crippen LogP contribution in [0.4, 0.5) is 18.9 Å². The fraction of sp³-hybridized carbons (Fsp3) is 0.0952. The number of benzene rings is 3. The van der Waals surface area contributed by atoms with Crippen LogP contribution in [-0.2, 0) is 12.8 Å². The number of carbonyl (C=O) groups is 1. The van der Waals surface area contributed by atoms with Gasteiger partial charge in [0.05, 0.1) is 16.8 Å². The third kappa shape index (κ3) is 4.84. The fourth-order valence-corrected chi connectivity index (χ4v) is 2.74. The second kappa shape index (κ2) is 8.35. The van der Waals surface area contributed by atoms with E-state index in [0.717, 1.165) is 11.6 Å². The van der Waals surface area contributed by atoms with Gasteiger partial charge < -0.3 is 10.1 Å². The molecule has 0 aliphatic heterocycles. The Hall–Kier alpha value is -2.99. The summed E-state index contributed by atoms with van der Waals surface area (Å²) in [5.41, 5.74) is -0.349. The molecule has 0 heterocycles. The number of hydrogen-bond acceptors (Lipinski definition) is 2. The molecule has 0 radical (unpaired) electrons. The average molecular weight is 406 g/mol. The Kier molecular flexibility index (Phi) is 5.90. The summed E-state index contributed by atoms with van der Waals surface area (Å²) in [5.74, 6) is -0.530. The minimum Gasteiger partial charge on any atom is -0.488 e. The summed E-state index contributed by atoms with van der Waals surface area (Å²) < 4.78 is 45.2. The zero-order valence-corrected chi connectivity index (χ0v) is 15.2. The molecule has 28 heavy (non-hydrogen) atoms. The van der Waals surface area contributed by atoms with Crippen LogP contribution in [0, 0.1) is 0 Å². The van der Waals surface area contributed by atoms with Gasteiger partial charge in [0.15, 0.2) is 0 Å². The summed E-state index contributed by atoms with van der Waals surface area (Å²) in [6.45, 7) is 0.196. The number of halogens is 4. The van der Waals surface area contributed by atoms with Gasteiger partial charge >= 0.3 is 6.18 Å². The van der Waals surface area contributed by atoms with Crippen molar-refractivity contribution < 1.29 is 22.7 Å². The Balaban J connectivity index is 1.85. The summed E-state index contributed by atoms with van der Waals surface area (Å²) in [4.78, 5) is 12.7. The summed E-state index contributed by atoms with van der Waals surface area (Å²) in [5, 5.41) is 2.57. The van der Waals surface area contributed by atoms with E-state index in [1.807, 2.05) is 30.3 Å². The lowest BCUT2D eigenvalue weighted by Gasteiger charge is -2.15. The first-order valence-electron chi connectivity index (χ1n) is 8.28. The van der Waals surface area contributed by atoms with E-state index in [1.54, 1.807) is 6.07 Å². The van der Waals surface area contributed by atoms with Crippen LogP contribution in [0.25, 0.3) is 0 Å². The topological polar surface area (TPSA) is 38.3 Å². The largest absolute Gasteiger partial charge is 0.488 e. The van der Waals surface area contributed by atoms with E-state index >= 15 is 0 Å². The molecule has 3 rings (SSSR count). The Morgan fingerprint density at radius 3 is 2.36 bits per heavy atom. The number of para-hydroxylation sites is 1. The predicted molar refractivity (Wildman–Crippen MR) is 102 cm³/mol. The fourth-order valence-electron chi connectivity index (χ4n) is 2.57. The molecule has 0 fully saturated rings. The van der Waals surface area contributed by atoms with Gasteiger partial charge in [-0.05, 0) is 35.9 Å². The molecule has 0 saturated carbocycles. The first kappa shape index (κ1) is 19.8. The minimum atomic E-state index is -4.59. The van der Waals surface area contributed by atoms with E-state index in [-0.39, 0.29) is 28.6 Å². The maximum Gasteiger partial charge on any atom is 0.418 e. The molecule has 144 valence electrons. The molecule has 0 aliphatic carbocycles. The normalized spacial score (nSPS) is 11.1. The lowest BCUT2D eigenvalue weighted by molar-refractivity contribution is -0.136. The maximum atomic E-state index is 13.2. The number of carbonyl (C=O) groups excluding carboxylic acids is 1. The van der Waals surface area contributed by atoms with Crippen LogP contribution < -0.4 is 10.1 Å². The van der Waals surface area contributed by atoms with Gasteiger partial charge in [-0.1, -0.05) is 54.1 Å². The Morgan fingerprint density at radius 1 is 0.964 bits per heavy atom. The van der Waals surface area contributed by atoms with Crippen molar-refractivity contribution in [2.75, 3.05) is 5.32 Å². The van der Waals surface area contributed by atoms with Crippen LogP contribution in [0.15, 0.2) is 72.8 Å². The molecule has 3 nitrogen and oxygen atoms in total. The smallest absolute Gasteiger partial charge is 0.418 e. The van der Waals surface area contributed by atoms with E-state index in [9.17, 15) is 18.0 Å². The molecule has 1 N–H and O–H groups in total. The number of hydrogen-bond donors (Lipinski definition) is 1. The molecule has 0 unspecified atom stereocenters. The second-order valence-corrected chi connectivity index (χ2v) is 6.35. The van der Waals surface area contributed by atoms with Gasteiger partial charge in [0.2, 0.25) is 0 Å². The van der Waals surface area contributed by atoms with Crippen molar-refractivity contribution in [1.82, 2.24) is 0 Å². The van der Waals surface area contributed by atoms with E-state index in [2.05, 4.69) is 5.32 Å². The van der Waals surface area contributed by atoms with E-state index in [4.69, 9.17) is 16.3 Å². The number of alkyl halides is 3. The molecule has 0 atom stereocenters. The molecule has 0 bridgehead atoms. The SMILES string of the molecule is O=C(Nc1ccccc1C(F)(F)F)c1cc(Cl)ccc1OCc1ccccc1. The van der Waals surface area contributed by atoms with Gasteiger partial charge in [0, 0.05) is 5.02 Å². The summed E-state index contributed by atoms with van der Waals surface area (Å²) >= 11 is 5.97. The number of ether oxygens (including phenoxy) is 1. The highest BCUT2D eigenvalue weighted by Crippen LogP contribution is 2.35. The Labute approximate surface area is 164 Å². The number of amides is 1. The molecule has 0 saturated heterocycles. The average Bonchev–Trinajstić information content (AvgIpc) is 2.67. The molecular formula is C21H15ClF3NO2. The zero-order chi connectivity index (χ0) is 20.1. The zero-order valence-electron chi connectivity index (χ0n) is 14.5. The van der Waals surface area contributed by atoms with Gasteiger partial charge in [-0.2, -0.15) is 13.2 Å². The second-order valence-electron chi connectivity index (χ2n) is 5.91. The molecule has 7 heteroatoms. The molecule has 0 aromatic heterocycles. The third-order valence-corrected chi connectivity index (χ3v) is 4.14. The monoisotopic (exact) mass is 405 g/mol. The summed E-state index contributed by atoms with van der Waals surface area (Å²) in [6, 6.07) is 18.4. The van der Waals surface area contributed by atoms with Crippen LogP contribution >= 0.6 is 11.6 Å². The number of rotatable bonds is 5. The lowest BCUT2D eigenvalue weighted by Crippen LogP contribution is -2.17. The van der Waals surface area contributed by atoms with Gasteiger partial charge in [0.1, 0.15) is 12.4 Å². The first-order chi connectivity index (χ1) is 13.3. The summed E-state index contributed by atoms with van der Waals surface area (Å²) in [7, 11) is 0. The van der Waals surface area contributed by atoms with Gasteiger partial charge in [-0.3, -0.25) is 4.79 Å². The van der Waals surface area contributed by atoms with E-state index in [0.29, 0.717) is 0 Å². The Morgan fingerprint density at radius 2 is 1.64 bits per heavy atom. The highest BCUT2D eigenvalue weighted by atomic mass is 35.5. The van der Waals surface area contributed by atoms with Crippen LogP contribution in [0.3, 0.4) is 0 Å². The molecule has 0 aliphatic rings. The van der Waals surface area contributed by atoms with Crippen LogP contribution in [0.5, 0.6) is 5.75 Å². The van der Waals surface area contributed by atoms with Crippen LogP contribution in [0.2, 0.25) is 5.02 Å². The Bertz CT molecular complexity index is 975. The predicted octanol–water partition coefficient (Wildman–Crippen LogP) is 6.19. The van der Waals surface area contributed by atoms with Crippen molar-refractivity contribution in [2.24, 2.45) is 0 Å². The van der Waals surface area contributed by atoms with Gasteiger partial charge in [0.25, 0.3) is 5.91 Å². The van der Waals surface area contributed by atoms with Crippen molar-refractivity contribution in [2.45, 2.75) is 12.8 Å². The molecule has 3 aromatic rings. The van der Waals surface area contributed by atoms with Crippen LogP contribution in [0.1, 0.15) is 21.5 Å². The van der Waals surface area contributed by atoms with Crippen molar-refractivity contribution in [3.05, 3.63) is 94.5 Å². The molecule has 3 aromatic carbocycles. The molecule has 0 spiro atoms. The van der Waals surface area contributed by atoms with Gasteiger partial charge in [-0.25, -0.2) is 0 Å². The lowest BCUT2D eigenvalue weighted by atomic mass is 10.1.